The zero-order valence-electron chi connectivity index (χ0n) is 13.1. The van der Waals surface area contributed by atoms with Crippen molar-refractivity contribution in [1.29, 1.82) is 0 Å². The Morgan fingerprint density at radius 1 is 1.08 bits per heavy atom. The molecule has 0 spiro atoms. The minimum atomic E-state index is -0.369. The van der Waals surface area contributed by atoms with Gasteiger partial charge in [0.05, 0.1) is 22.8 Å². The second-order valence-corrected chi connectivity index (χ2v) is 6.55. The predicted molar refractivity (Wildman–Crippen MR) is 98.8 cm³/mol. The van der Waals surface area contributed by atoms with Crippen LogP contribution in [0.5, 0.6) is 0 Å². The molecule has 0 saturated heterocycles. The van der Waals surface area contributed by atoms with Gasteiger partial charge in [-0.25, -0.2) is 14.4 Å². The molecular formula is C18H14FN5S. The second kappa shape index (κ2) is 6.45. The Labute approximate surface area is 147 Å². The number of nitrogen functional groups attached to an aromatic ring is 1. The highest BCUT2D eigenvalue weighted by Gasteiger charge is 2.09. The van der Waals surface area contributed by atoms with Crippen LogP contribution in [-0.4, -0.2) is 15.0 Å². The largest absolute Gasteiger partial charge is 0.375 e. The number of aromatic nitrogens is 3. The van der Waals surface area contributed by atoms with Crippen molar-refractivity contribution in [2.45, 2.75) is 6.54 Å². The number of hydrogen-bond acceptors (Lipinski definition) is 6. The van der Waals surface area contributed by atoms with Crippen LogP contribution >= 0.6 is 11.3 Å². The molecule has 0 aliphatic carbocycles. The van der Waals surface area contributed by atoms with Crippen LogP contribution in [0, 0.1) is 5.82 Å². The summed E-state index contributed by atoms with van der Waals surface area (Å²) in [5, 5.41) is 3.54. The normalized spacial score (nSPS) is 10.9. The molecule has 0 aliphatic rings. The lowest BCUT2D eigenvalue weighted by Crippen LogP contribution is -2.03. The van der Waals surface area contributed by atoms with Crippen LogP contribution in [0.4, 0.5) is 15.3 Å². The summed E-state index contributed by atoms with van der Waals surface area (Å²) in [5.41, 5.74) is 8.53. The van der Waals surface area contributed by atoms with Crippen molar-refractivity contribution in [2.75, 3.05) is 11.1 Å². The van der Waals surface area contributed by atoms with E-state index >= 15 is 0 Å². The molecule has 5 nitrogen and oxygen atoms in total. The molecule has 0 atom stereocenters. The van der Waals surface area contributed by atoms with E-state index in [4.69, 9.17) is 5.73 Å². The Bertz CT molecular complexity index is 1030. The van der Waals surface area contributed by atoms with E-state index in [-0.39, 0.29) is 5.82 Å². The zero-order valence-corrected chi connectivity index (χ0v) is 13.9. The minimum Gasteiger partial charge on any atom is -0.375 e. The summed E-state index contributed by atoms with van der Waals surface area (Å²) in [5.74, 6) is 0.261. The van der Waals surface area contributed by atoms with Crippen LogP contribution in [-0.2, 0) is 6.54 Å². The van der Waals surface area contributed by atoms with Gasteiger partial charge in [-0.2, -0.15) is 0 Å². The Kier molecular flexibility index (Phi) is 3.99. The van der Waals surface area contributed by atoms with Crippen molar-refractivity contribution >= 4 is 32.5 Å². The van der Waals surface area contributed by atoms with Gasteiger partial charge in [0.1, 0.15) is 11.3 Å². The number of nitrogens with two attached hydrogens (primary N) is 1. The van der Waals surface area contributed by atoms with Gasteiger partial charge in [0.15, 0.2) is 10.9 Å². The third-order valence-corrected chi connectivity index (χ3v) is 4.53. The number of fused-ring (bicyclic) bond motifs is 1. The lowest BCUT2D eigenvalue weighted by atomic mass is 10.2. The van der Waals surface area contributed by atoms with Gasteiger partial charge in [0, 0.05) is 12.1 Å². The van der Waals surface area contributed by atoms with Crippen molar-refractivity contribution in [3.63, 3.8) is 0 Å². The first-order valence-corrected chi connectivity index (χ1v) is 8.46. The third-order valence-electron chi connectivity index (χ3n) is 3.70. The summed E-state index contributed by atoms with van der Waals surface area (Å²) in [6.45, 7) is 0.428. The molecule has 4 aromatic rings. The molecule has 0 bridgehead atoms. The van der Waals surface area contributed by atoms with Crippen molar-refractivity contribution in [2.24, 2.45) is 0 Å². The average molecular weight is 351 g/mol. The van der Waals surface area contributed by atoms with Gasteiger partial charge < -0.3 is 11.1 Å². The van der Waals surface area contributed by atoms with E-state index in [0.29, 0.717) is 23.0 Å². The smallest absolute Gasteiger partial charge is 0.181 e. The molecule has 0 radical (unpaired) electrons. The molecule has 7 heteroatoms. The molecule has 4 rings (SSSR count). The maximum Gasteiger partial charge on any atom is 0.181 e. The Morgan fingerprint density at radius 3 is 2.76 bits per heavy atom. The zero-order chi connectivity index (χ0) is 17.2. The molecule has 0 unspecified atom stereocenters. The van der Waals surface area contributed by atoms with Crippen LogP contribution in [0.15, 0.2) is 54.9 Å². The Balaban J connectivity index is 1.55. The second-order valence-electron chi connectivity index (χ2n) is 5.49. The summed E-state index contributed by atoms with van der Waals surface area (Å²) in [6, 6.07) is 13.2. The molecule has 0 amide bonds. The molecule has 25 heavy (non-hydrogen) atoms. The number of nitrogens with zero attached hydrogens (tertiary/aromatic N) is 3. The van der Waals surface area contributed by atoms with Crippen LogP contribution in [0.3, 0.4) is 0 Å². The third kappa shape index (κ3) is 3.27. The molecule has 2 aromatic heterocycles. The molecule has 0 saturated carbocycles. The Hall–Kier alpha value is -3.06. The van der Waals surface area contributed by atoms with E-state index < -0.39 is 0 Å². The minimum absolute atomic E-state index is 0.317. The highest BCUT2D eigenvalue weighted by molar-refractivity contribution is 7.22. The molecule has 0 aliphatic heterocycles. The summed E-state index contributed by atoms with van der Waals surface area (Å²) in [7, 11) is 0. The molecule has 3 N–H and O–H groups in total. The van der Waals surface area contributed by atoms with E-state index in [2.05, 4.69) is 20.3 Å². The fourth-order valence-electron chi connectivity index (χ4n) is 2.55. The number of thiazole rings is 1. The van der Waals surface area contributed by atoms with Gasteiger partial charge in [-0.15, -0.1) is 0 Å². The quantitative estimate of drug-likeness (QED) is 0.579. The average Bonchev–Trinajstić information content (AvgIpc) is 3.02. The van der Waals surface area contributed by atoms with Crippen molar-refractivity contribution in [1.82, 2.24) is 15.0 Å². The number of halogens is 1. The SMILES string of the molecule is Nc1nc2c(F)cc(CNc3cncc(-c4ccccc4)n3)cc2s1. The first-order chi connectivity index (χ1) is 12.2. The van der Waals surface area contributed by atoms with Gasteiger partial charge in [-0.3, -0.25) is 4.98 Å². The fraction of sp³-hybridized carbons (Fsp3) is 0.0556. The van der Waals surface area contributed by atoms with Crippen molar-refractivity contribution in [3.8, 4) is 11.3 Å². The number of benzene rings is 2. The van der Waals surface area contributed by atoms with Gasteiger partial charge in [-0.1, -0.05) is 41.7 Å². The number of nitrogens with one attached hydrogen (secondary N) is 1. The van der Waals surface area contributed by atoms with Crippen LogP contribution in [0.1, 0.15) is 5.56 Å². The molecule has 124 valence electrons. The lowest BCUT2D eigenvalue weighted by Gasteiger charge is -2.08. The maximum atomic E-state index is 14.1. The predicted octanol–water partition coefficient (Wildman–Crippen LogP) is 4.09. The van der Waals surface area contributed by atoms with E-state index in [9.17, 15) is 4.39 Å². The maximum absolute atomic E-state index is 14.1. The Morgan fingerprint density at radius 2 is 1.92 bits per heavy atom. The van der Waals surface area contributed by atoms with Gasteiger partial charge in [0.25, 0.3) is 0 Å². The molecule has 0 fully saturated rings. The van der Waals surface area contributed by atoms with E-state index in [1.807, 2.05) is 36.4 Å². The van der Waals surface area contributed by atoms with Crippen molar-refractivity contribution in [3.05, 3.63) is 66.2 Å². The first kappa shape index (κ1) is 15.5. The highest BCUT2D eigenvalue weighted by atomic mass is 32.1. The van der Waals surface area contributed by atoms with E-state index in [1.165, 1.54) is 17.4 Å². The van der Waals surface area contributed by atoms with Crippen molar-refractivity contribution < 1.29 is 4.39 Å². The molecular weight excluding hydrogens is 337 g/mol. The van der Waals surface area contributed by atoms with E-state index in [1.54, 1.807) is 12.4 Å². The molecule has 2 aromatic carbocycles. The van der Waals surface area contributed by atoms with Gasteiger partial charge in [-0.05, 0) is 17.7 Å². The molecule has 2 heterocycles. The van der Waals surface area contributed by atoms with E-state index in [0.717, 1.165) is 21.5 Å². The lowest BCUT2D eigenvalue weighted by molar-refractivity contribution is 0.635. The summed E-state index contributed by atoms with van der Waals surface area (Å²) < 4.78 is 14.8. The highest BCUT2D eigenvalue weighted by Crippen LogP contribution is 2.27. The topological polar surface area (TPSA) is 76.7 Å². The number of rotatable bonds is 4. The monoisotopic (exact) mass is 351 g/mol. The van der Waals surface area contributed by atoms with Gasteiger partial charge in [0.2, 0.25) is 0 Å². The summed E-state index contributed by atoms with van der Waals surface area (Å²) >= 11 is 1.27. The van der Waals surface area contributed by atoms with Crippen LogP contribution < -0.4 is 11.1 Å². The van der Waals surface area contributed by atoms with Gasteiger partial charge >= 0.3 is 0 Å². The number of hydrogen-bond donors (Lipinski definition) is 2. The summed E-state index contributed by atoms with van der Waals surface area (Å²) in [4.78, 5) is 12.8. The summed E-state index contributed by atoms with van der Waals surface area (Å²) in [6.07, 6.45) is 3.36. The van der Waals surface area contributed by atoms with Crippen LogP contribution in [0.25, 0.3) is 21.5 Å². The number of anilines is 2. The standard InChI is InChI=1S/C18H14FN5S/c19-13-6-11(7-15-17(13)24-18(20)25-15)8-22-16-10-21-9-14(23-16)12-4-2-1-3-5-12/h1-7,9-10H,8H2,(H2,20,24)(H,22,23). The van der Waals surface area contributed by atoms with Crippen LogP contribution in [0.2, 0.25) is 0 Å². The fourth-order valence-corrected chi connectivity index (χ4v) is 3.37. The first-order valence-electron chi connectivity index (χ1n) is 7.65.